The third-order valence-corrected chi connectivity index (χ3v) is 2.60. The van der Waals surface area contributed by atoms with Crippen LogP contribution in [0.25, 0.3) is 16.5 Å². The van der Waals surface area contributed by atoms with Crippen molar-refractivity contribution in [3.8, 4) is 0 Å². The molecule has 0 unspecified atom stereocenters. The van der Waals surface area contributed by atoms with E-state index >= 15 is 0 Å². The van der Waals surface area contributed by atoms with Crippen molar-refractivity contribution in [3.63, 3.8) is 0 Å². The average molecular weight is 266 g/mol. The van der Waals surface area contributed by atoms with Gasteiger partial charge in [-0.05, 0) is 36.1 Å². The third kappa shape index (κ3) is 4.19. The Morgan fingerprint density at radius 1 is 1.53 bits per heavy atom. The van der Waals surface area contributed by atoms with Crippen molar-refractivity contribution in [2.24, 2.45) is 5.11 Å². The van der Waals surface area contributed by atoms with Gasteiger partial charge in [0.1, 0.15) is 0 Å². The summed E-state index contributed by atoms with van der Waals surface area (Å²) < 4.78 is 1.09. The summed E-state index contributed by atoms with van der Waals surface area (Å²) in [5, 5.41) is 3.46. The van der Waals surface area contributed by atoms with E-state index in [1.165, 1.54) is 5.56 Å². The summed E-state index contributed by atoms with van der Waals surface area (Å²) >= 11 is 3.50. The summed E-state index contributed by atoms with van der Waals surface area (Å²) in [4.78, 5) is 2.69. The fraction of sp³-hybridized carbons (Fsp3) is 0.273. The largest absolute Gasteiger partial charge is 0.0937 e. The van der Waals surface area contributed by atoms with E-state index in [0.717, 1.165) is 16.5 Å². The highest BCUT2D eigenvalue weighted by molar-refractivity contribution is 9.10. The molecule has 0 spiro atoms. The van der Waals surface area contributed by atoms with E-state index in [0.29, 0.717) is 6.54 Å². The quantitative estimate of drug-likeness (QED) is 0.334. The molecule has 0 aliphatic rings. The fourth-order valence-corrected chi connectivity index (χ4v) is 1.78. The van der Waals surface area contributed by atoms with E-state index in [1.54, 1.807) is 0 Å². The summed E-state index contributed by atoms with van der Waals surface area (Å²) in [5.41, 5.74) is 10.5. The Morgan fingerprint density at radius 3 is 3.00 bits per heavy atom. The molecule has 0 amide bonds. The van der Waals surface area contributed by atoms with E-state index in [4.69, 9.17) is 5.53 Å². The van der Waals surface area contributed by atoms with Gasteiger partial charge in [0.2, 0.25) is 0 Å². The van der Waals surface area contributed by atoms with Crippen LogP contribution in [-0.4, -0.2) is 6.54 Å². The Hall–Kier alpha value is -1.25. The molecule has 15 heavy (non-hydrogen) atoms. The Balaban J connectivity index is 2.60. The van der Waals surface area contributed by atoms with Crippen LogP contribution in [-0.2, 0) is 0 Å². The zero-order chi connectivity index (χ0) is 11.1. The normalized spacial score (nSPS) is 10.3. The minimum atomic E-state index is 0.510. The van der Waals surface area contributed by atoms with Gasteiger partial charge in [0, 0.05) is 15.9 Å². The van der Waals surface area contributed by atoms with Crippen LogP contribution < -0.4 is 0 Å². The Kier molecular flexibility index (Phi) is 4.95. The smallest absolute Gasteiger partial charge is 0.0292 e. The highest BCUT2D eigenvalue weighted by Crippen LogP contribution is 2.19. The molecular formula is C11H12BrN3. The molecular weight excluding hydrogens is 254 g/mol. The van der Waals surface area contributed by atoms with E-state index in [1.807, 2.05) is 12.2 Å². The van der Waals surface area contributed by atoms with Crippen LogP contribution in [0.2, 0.25) is 0 Å². The standard InChI is InChI=1S/C11H12BrN3/c1-9-5-6-10(11(12)8-9)4-2-3-7-14-15-13/h2,4-6,8H,3,7H2,1H3. The minimum absolute atomic E-state index is 0.510. The van der Waals surface area contributed by atoms with Gasteiger partial charge in [-0.1, -0.05) is 45.3 Å². The Bertz CT molecular complexity index is 406. The van der Waals surface area contributed by atoms with Crippen LogP contribution >= 0.6 is 15.9 Å². The van der Waals surface area contributed by atoms with Crippen LogP contribution in [0.3, 0.4) is 0 Å². The van der Waals surface area contributed by atoms with Crippen LogP contribution in [0.5, 0.6) is 0 Å². The van der Waals surface area contributed by atoms with Crippen molar-refractivity contribution in [1.82, 2.24) is 0 Å². The molecule has 0 aromatic heterocycles. The molecule has 78 valence electrons. The summed E-state index contributed by atoms with van der Waals surface area (Å²) in [7, 11) is 0. The van der Waals surface area contributed by atoms with Crippen molar-refractivity contribution < 1.29 is 0 Å². The number of hydrogen-bond acceptors (Lipinski definition) is 1. The number of benzene rings is 1. The van der Waals surface area contributed by atoms with E-state index in [9.17, 15) is 0 Å². The van der Waals surface area contributed by atoms with E-state index < -0.39 is 0 Å². The lowest BCUT2D eigenvalue weighted by Gasteiger charge is -1.99. The lowest BCUT2D eigenvalue weighted by atomic mass is 10.1. The van der Waals surface area contributed by atoms with Crippen molar-refractivity contribution in [2.45, 2.75) is 13.3 Å². The first-order chi connectivity index (χ1) is 7.24. The second-order valence-electron chi connectivity index (χ2n) is 3.17. The van der Waals surface area contributed by atoms with Gasteiger partial charge in [-0.15, -0.1) is 0 Å². The molecule has 0 atom stereocenters. The minimum Gasteiger partial charge on any atom is -0.0937 e. The second kappa shape index (κ2) is 6.27. The Labute approximate surface area is 97.6 Å². The summed E-state index contributed by atoms with van der Waals surface area (Å²) in [5.74, 6) is 0. The van der Waals surface area contributed by atoms with Gasteiger partial charge in [-0.2, -0.15) is 0 Å². The molecule has 1 aromatic rings. The monoisotopic (exact) mass is 265 g/mol. The van der Waals surface area contributed by atoms with Gasteiger partial charge in [-0.25, -0.2) is 0 Å². The first-order valence-corrected chi connectivity index (χ1v) is 5.47. The summed E-state index contributed by atoms with van der Waals surface area (Å²) in [6, 6.07) is 6.20. The molecule has 3 nitrogen and oxygen atoms in total. The lowest BCUT2D eigenvalue weighted by molar-refractivity contribution is 0.995. The molecule has 0 heterocycles. The highest BCUT2D eigenvalue weighted by Gasteiger charge is 1.94. The lowest BCUT2D eigenvalue weighted by Crippen LogP contribution is -1.78. The first-order valence-electron chi connectivity index (χ1n) is 4.67. The SMILES string of the molecule is Cc1ccc(C=CCCN=[N+]=[N-])c(Br)c1. The maximum Gasteiger partial charge on any atom is 0.0292 e. The van der Waals surface area contributed by atoms with Gasteiger partial charge in [0.05, 0.1) is 0 Å². The molecule has 0 fully saturated rings. The molecule has 0 aliphatic carbocycles. The van der Waals surface area contributed by atoms with Crippen molar-refractivity contribution >= 4 is 22.0 Å². The van der Waals surface area contributed by atoms with Crippen molar-refractivity contribution in [2.75, 3.05) is 6.54 Å². The summed E-state index contributed by atoms with van der Waals surface area (Å²) in [6.45, 7) is 2.57. The fourth-order valence-electron chi connectivity index (χ4n) is 1.15. The molecule has 4 heteroatoms. The van der Waals surface area contributed by atoms with Crippen LogP contribution in [0.1, 0.15) is 17.5 Å². The van der Waals surface area contributed by atoms with Gasteiger partial charge in [0.25, 0.3) is 0 Å². The average Bonchev–Trinajstić information content (AvgIpc) is 2.20. The second-order valence-corrected chi connectivity index (χ2v) is 4.02. The molecule has 0 bridgehead atoms. The van der Waals surface area contributed by atoms with Crippen molar-refractivity contribution in [1.29, 1.82) is 0 Å². The number of aryl methyl sites for hydroxylation is 1. The first kappa shape index (κ1) is 11.8. The maximum absolute atomic E-state index is 8.08. The molecule has 0 aliphatic heterocycles. The molecule has 0 saturated carbocycles. The zero-order valence-corrected chi connectivity index (χ0v) is 10.1. The van der Waals surface area contributed by atoms with Crippen LogP contribution in [0.15, 0.2) is 33.9 Å². The number of hydrogen-bond donors (Lipinski definition) is 0. The molecule has 1 rings (SSSR count). The predicted octanol–water partition coefficient (Wildman–Crippen LogP) is 4.47. The van der Waals surface area contributed by atoms with Gasteiger partial charge in [0.15, 0.2) is 0 Å². The van der Waals surface area contributed by atoms with Crippen LogP contribution in [0.4, 0.5) is 0 Å². The maximum atomic E-state index is 8.08. The Morgan fingerprint density at radius 2 is 2.33 bits per heavy atom. The molecule has 0 saturated heterocycles. The number of rotatable bonds is 4. The topological polar surface area (TPSA) is 48.8 Å². The molecule has 1 aromatic carbocycles. The van der Waals surface area contributed by atoms with Gasteiger partial charge < -0.3 is 0 Å². The number of azide groups is 1. The van der Waals surface area contributed by atoms with E-state index in [2.05, 4.69) is 51.1 Å². The number of nitrogens with zero attached hydrogens (tertiary/aromatic N) is 3. The van der Waals surface area contributed by atoms with Crippen LogP contribution in [0, 0.1) is 6.92 Å². The van der Waals surface area contributed by atoms with Crippen molar-refractivity contribution in [3.05, 3.63) is 50.3 Å². The van der Waals surface area contributed by atoms with Gasteiger partial charge >= 0.3 is 0 Å². The zero-order valence-electron chi connectivity index (χ0n) is 8.52. The third-order valence-electron chi connectivity index (χ3n) is 1.91. The van der Waals surface area contributed by atoms with Gasteiger partial charge in [-0.3, -0.25) is 0 Å². The predicted molar refractivity (Wildman–Crippen MR) is 66.5 cm³/mol. The highest BCUT2D eigenvalue weighted by atomic mass is 79.9. The molecule has 0 N–H and O–H groups in total. The number of halogens is 1. The summed E-state index contributed by atoms with van der Waals surface area (Å²) in [6.07, 6.45) is 4.80. The molecule has 0 radical (unpaired) electrons. The van der Waals surface area contributed by atoms with E-state index in [-0.39, 0.29) is 0 Å².